The summed E-state index contributed by atoms with van der Waals surface area (Å²) in [7, 11) is 0. The first-order chi connectivity index (χ1) is 9.33. The summed E-state index contributed by atoms with van der Waals surface area (Å²) in [6.45, 7) is 1.23. The topological polar surface area (TPSA) is 43.3 Å². The number of aromatic nitrogens is 1. The number of nitrogens with zero attached hydrogens (tertiary/aromatic N) is 1. The van der Waals surface area contributed by atoms with Gasteiger partial charge in [0.1, 0.15) is 12.3 Å². The van der Waals surface area contributed by atoms with Gasteiger partial charge in [-0.2, -0.15) is 13.2 Å². The van der Waals surface area contributed by atoms with E-state index < -0.39 is 12.8 Å². The van der Waals surface area contributed by atoms with Crippen LogP contribution >= 0.6 is 15.9 Å². The lowest BCUT2D eigenvalue weighted by molar-refractivity contribution is -0.173. The predicted molar refractivity (Wildman–Crippen MR) is 71.6 cm³/mol. The Labute approximate surface area is 123 Å². The third-order valence-corrected chi connectivity index (χ3v) is 2.79. The molecule has 0 unspecified atom stereocenters. The van der Waals surface area contributed by atoms with Gasteiger partial charge in [0.05, 0.1) is 6.61 Å². The van der Waals surface area contributed by atoms with Gasteiger partial charge in [0.25, 0.3) is 5.91 Å². The molecule has 114 valence electrons. The number of rotatable bonds is 7. The highest BCUT2D eigenvalue weighted by atomic mass is 79.9. The molecule has 20 heavy (non-hydrogen) atoms. The van der Waals surface area contributed by atoms with Crippen LogP contribution in [0.5, 0.6) is 0 Å². The van der Waals surface area contributed by atoms with E-state index in [0.717, 1.165) is 10.9 Å². The van der Waals surface area contributed by atoms with E-state index in [4.69, 9.17) is 0 Å². The maximum Gasteiger partial charge on any atom is 0.411 e. The molecule has 0 radical (unpaired) electrons. The van der Waals surface area contributed by atoms with Crippen molar-refractivity contribution in [1.29, 1.82) is 0 Å². The first kappa shape index (κ1) is 17.0. The molecule has 0 atom stereocenters. The first-order valence-corrected chi connectivity index (χ1v) is 6.91. The van der Waals surface area contributed by atoms with E-state index in [-0.39, 0.29) is 19.1 Å². The third-order valence-electron chi connectivity index (χ3n) is 2.36. The maximum absolute atomic E-state index is 11.9. The second kappa shape index (κ2) is 7.68. The molecule has 0 spiro atoms. The number of hydrogen-bond donors (Lipinski definition) is 1. The van der Waals surface area contributed by atoms with E-state index >= 15 is 0 Å². The van der Waals surface area contributed by atoms with E-state index in [0.29, 0.717) is 12.2 Å². The standard InChI is InChI=1S/C12H16BrF3N2O2/c1-2-4-18-7-9(13)6-10(18)11(19)17-3-5-20-8-12(14,15)16/h6-7H,2-5,8H2,1H3,(H,17,19). The van der Waals surface area contributed by atoms with E-state index in [1.165, 1.54) is 0 Å². The normalized spacial score (nSPS) is 11.7. The van der Waals surface area contributed by atoms with Crippen LogP contribution in [0.2, 0.25) is 0 Å². The van der Waals surface area contributed by atoms with Gasteiger partial charge in [0.15, 0.2) is 0 Å². The fourth-order valence-electron chi connectivity index (χ4n) is 1.61. The van der Waals surface area contributed by atoms with Gasteiger partial charge >= 0.3 is 6.18 Å². The number of hydrogen-bond acceptors (Lipinski definition) is 2. The number of aryl methyl sites for hydroxylation is 1. The molecular weight excluding hydrogens is 341 g/mol. The maximum atomic E-state index is 11.9. The number of amides is 1. The highest BCUT2D eigenvalue weighted by Crippen LogP contribution is 2.16. The van der Waals surface area contributed by atoms with E-state index in [9.17, 15) is 18.0 Å². The van der Waals surface area contributed by atoms with Crippen molar-refractivity contribution < 1.29 is 22.7 Å². The summed E-state index contributed by atoms with van der Waals surface area (Å²) >= 11 is 3.29. The van der Waals surface area contributed by atoms with Crippen molar-refractivity contribution in [2.45, 2.75) is 26.1 Å². The van der Waals surface area contributed by atoms with E-state index in [1.54, 1.807) is 16.8 Å². The Bertz CT molecular complexity index is 446. The van der Waals surface area contributed by atoms with Crippen LogP contribution in [-0.4, -0.2) is 36.4 Å². The highest BCUT2D eigenvalue weighted by Gasteiger charge is 2.27. The van der Waals surface area contributed by atoms with Crippen LogP contribution in [0.1, 0.15) is 23.8 Å². The monoisotopic (exact) mass is 356 g/mol. The number of alkyl halides is 3. The van der Waals surface area contributed by atoms with Crippen LogP contribution in [0.3, 0.4) is 0 Å². The largest absolute Gasteiger partial charge is 0.411 e. The SMILES string of the molecule is CCCn1cc(Br)cc1C(=O)NCCOCC(F)(F)F. The summed E-state index contributed by atoms with van der Waals surface area (Å²) in [5.74, 6) is -0.334. The second-order valence-corrected chi connectivity index (χ2v) is 5.08. The van der Waals surface area contributed by atoms with Gasteiger partial charge in [-0.1, -0.05) is 6.92 Å². The molecule has 1 aromatic rings. The molecular formula is C12H16BrF3N2O2. The number of halogens is 4. The summed E-state index contributed by atoms with van der Waals surface area (Å²) in [6.07, 6.45) is -1.68. The van der Waals surface area contributed by atoms with Crippen molar-refractivity contribution in [3.63, 3.8) is 0 Å². The molecule has 1 rings (SSSR count). The molecule has 0 aromatic carbocycles. The minimum Gasteiger partial charge on any atom is -0.370 e. The van der Waals surface area contributed by atoms with Crippen LogP contribution in [0.25, 0.3) is 0 Å². The number of nitrogens with one attached hydrogen (secondary N) is 1. The lowest BCUT2D eigenvalue weighted by Crippen LogP contribution is -2.30. The summed E-state index contributed by atoms with van der Waals surface area (Å²) < 4.78 is 42.5. The second-order valence-electron chi connectivity index (χ2n) is 4.16. The van der Waals surface area contributed by atoms with Gasteiger partial charge in [-0.3, -0.25) is 4.79 Å². The fraction of sp³-hybridized carbons (Fsp3) is 0.583. The van der Waals surface area contributed by atoms with Crippen molar-refractivity contribution >= 4 is 21.8 Å². The van der Waals surface area contributed by atoms with Crippen LogP contribution in [0, 0.1) is 0 Å². The Morgan fingerprint density at radius 3 is 2.80 bits per heavy atom. The third kappa shape index (κ3) is 5.96. The number of carbonyl (C=O) groups excluding carboxylic acids is 1. The molecule has 1 aromatic heterocycles. The highest BCUT2D eigenvalue weighted by molar-refractivity contribution is 9.10. The lowest BCUT2D eigenvalue weighted by Gasteiger charge is -2.10. The predicted octanol–water partition coefficient (Wildman–Crippen LogP) is 2.97. The Hall–Kier alpha value is -1.02. The molecule has 0 aliphatic rings. The molecule has 1 heterocycles. The molecule has 1 amide bonds. The van der Waals surface area contributed by atoms with E-state index in [1.807, 2.05) is 6.92 Å². The Kier molecular flexibility index (Phi) is 6.54. The molecule has 8 heteroatoms. The van der Waals surface area contributed by atoms with Crippen LogP contribution in [0.15, 0.2) is 16.7 Å². The van der Waals surface area contributed by atoms with Crippen molar-refractivity contribution in [2.24, 2.45) is 0 Å². The van der Waals surface area contributed by atoms with Gasteiger partial charge in [-0.15, -0.1) is 0 Å². The van der Waals surface area contributed by atoms with Crippen LogP contribution < -0.4 is 5.32 Å². The van der Waals surface area contributed by atoms with Crippen molar-refractivity contribution in [3.8, 4) is 0 Å². The zero-order chi connectivity index (χ0) is 15.2. The smallest absolute Gasteiger partial charge is 0.370 e. The zero-order valence-corrected chi connectivity index (χ0v) is 12.6. The van der Waals surface area contributed by atoms with Crippen molar-refractivity contribution in [2.75, 3.05) is 19.8 Å². The quantitative estimate of drug-likeness (QED) is 0.763. The lowest BCUT2D eigenvalue weighted by atomic mass is 10.3. The van der Waals surface area contributed by atoms with Crippen molar-refractivity contribution in [1.82, 2.24) is 9.88 Å². The molecule has 0 aliphatic heterocycles. The number of ether oxygens (including phenoxy) is 1. The molecule has 0 saturated heterocycles. The summed E-state index contributed by atoms with van der Waals surface area (Å²) in [5.41, 5.74) is 0.467. The van der Waals surface area contributed by atoms with Crippen LogP contribution in [-0.2, 0) is 11.3 Å². The molecule has 0 bridgehead atoms. The summed E-state index contributed by atoms with van der Waals surface area (Å²) in [5, 5.41) is 2.52. The molecule has 4 nitrogen and oxygen atoms in total. The van der Waals surface area contributed by atoms with Gasteiger partial charge in [-0.05, 0) is 28.4 Å². The zero-order valence-electron chi connectivity index (χ0n) is 11.0. The molecule has 1 N–H and O–H groups in total. The van der Waals surface area contributed by atoms with Gasteiger partial charge in [0, 0.05) is 23.8 Å². The summed E-state index contributed by atoms with van der Waals surface area (Å²) in [6, 6.07) is 1.67. The van der Waals surface area contributed by atoms with Gasteiger partial charge in [-0.25, -0.2) is 0 Å². The first-order valence-electron chi connectivity index (χ1n) is 6.12. The Balaban J connectivity index is 2.39. The Morgan fingerprint density at radius 2 is 2.20 bits per heavy atom. The van der Waals surface area contributed by atoms with Gasteiger partial charge < -0.3 is 14.6 Å². The van der Waals surface area contributed by atoms with E-state index in [2.05, 4.69) is 26.0 Å². The number of carbonyl (C=O) groups is 1. The van der Waals surface area contributed by atoms with Crippen LogP contribution in [0.4, 0.5) is 13.2 Å². The summed E-state index contributed by atoms with van der Waals surface area (Å²) in [4.78, 5) is 11.9. The average Bonchev–Trinajstić information content (AvgIpc) is 2.69. The van der Waals surface area contributed by atoms with Crippen molar-refractivity contribution in [3.05, 3.63) is 22.4 Å². The minimum atomic E-state index is -4.34. The fourth-order valence-corrected chi connectivity index (χ4v) is 2.07. The Morgan fingerprint density at radius 1 is 1.50 bits per heavy atom. The molecule has 0 aliphatic carbocycles. The minimum absolute atomic E-state index is 0.0316. The average molecular weight is 357 g/mol. The molecule has 0 saturated carbocycles. The van der Waals surface area contributed by atoms with Gasteiger partial charge in [0.2, 0.25) is 0 Å². The molecule has 0 fully saturated rings.